The van der Waals surface area contributed by atoms with Gasteiger partial charge in [-0.05, 0) is 94.0 Å². The monoisotopic (exact) mass is 718 g/mol. The van der Waals surface area contributed by atoms with Crippen LogP contribution in [0.4, 0.5) is 13.6 Å². The maximum absolute atomic E-state index is 14.8. The fraction of sp³-hybridized carbons (Fsp3) is 0.371. The normalized spacial score (nSPS) is 16.8. The van der Waals surface area contributed by atoms with Crippen LogP contribution in [0.3, 0.4) is 0 Å². The van der Waals surface area contributed by atoms with Crippen molar-refractivity contribution in [3.63, 3.8) is 0 Å². The summed E-state index contributed by atoms with van der Waals surface area (Å²) >= 11 is 7.40. The molecule has 0 atom stereocenters. The number of thiophene rings is 1. The van der Waals surface area contributed by atoms with Crippen LogP contribution >= 0.6 is 22.9 Å². The van der Waals surface area contributed by atoms with E-state index in [9.17, 15) is 26.8 Å². The first-order chi connectivity index (χ1) is 22.6. The van der Waals surface area contributed by atoms with Crippen molar-refractivity contribution in [3.05, 3.63) is 81.7 Å². The number of halogens is 3. The number of hydrogen-bond donors (Lipinski definition) is 1. The van der Waals surface area contributed by atoms with Crippen LogP contribution in [0.25, 0.3) is 21.2 Å². The number of hydrogen-bond acceptors (Lipinski definition) is 7. The first-order valence-electron chi connectivity index (χ1n) is 15.4. The molecule has 1 aliphatic carbocycles. The summed E-state index contributed by atoms with van der Waals surface area (Å²) in [4.78, 5) is 28.7. The average Bonchev–Trinajstić information content (AvgIpc) is 3.38. The van der Waals surface area contributed by atoms with Crippen LogP contribution in [0, 0.1) is 11.6 Å². The predicted octanol–water partition coefficient (Wildman–Crippen LogP) is 8.39. The van der Waals surface area contributed by atoms with Gasteiger partial charge in [0.1, 0.15) is 27.9 Å². The van der Waals surface area contributed by atoms with Crippen molar-refractivity contribution in [3.8, 4) is 16.9 Å². The summed E-state index contributed by atoms with van der Waals surface area (Å²) in [5.74, 6) is -1.35. The van der Waals surface area contributed by atoms with Gasteiger partial charge in [0.15, 0.2) is 9.84 Å². The lowest BCUT2D eigenvalue weighted by atomic mass is 9.89. The SMILES string of the molecule is COc1ccc(-c2ccc(S(C)(=O)=O)cc2)cc1CN(C(=O)c1sc2c(F)ccc(F)c2c1Cl)C1CCC(NC(=O)OC(C)(C)C)CC1. The molecule has 0 saturated heterocycles. The van der Waals surface area contributed by atoms with Crippen molar-refractivity contribution >= 4 is 54.9 Å². The minimum Gasteiger partial charge on any atom is -0.496 e. The highest BCUT2D eigenvalue weighted by molar-refractivity contribution is 7.90. The first-order valence-corrected chi connectivity index (χ1v) is 18.5. The van der Waals surface area contributed by atoms with Crippen LogP contribution in [-0.2, 0) is 21.1 Å². The van der Waals surface area contributed by atoms with E-state index in [2.05, 4.69) is 5.32 Å². The van der Waals surface area contributed by atoms with Crippen LogP contribution in [0.1, 0.15) is 61.7 Å². The molecular formula is C35H37ClF2N2O6S2. The number of sulfone groups is 1. The molecule has 1 aliphatic rings. The largest absolute Gasteiger partial charge is 0.496 e. The van der Waals surface area contributed by atoms with Gasteiger partial charge in [0.2, 0.25) is 0 Å². The third-order valence-corrected chi connectivity index (χ3v) is 11.0. The molecule has 8 nitrogen and oxygen atoms in total. The Morgan fingerprint density at radius 1 is 0.979 bits per heavy atom. The van der Waals surface area contributed by atoms with Crippen molar-refractivity contribution < 1.29 is 36.3 Å². The molecule has 0 bridgehead atoms. The summed E-state index contributed by atoms with van der Waals surface area (Å²) in [5.41, 5.74) is 1.55. The maximum Gasteiger partial charge on any atom is 0.407 e. The Hall–Kier alpha value is -3.74. The van der Waals surface area contributed by atoms with E-state index in [1.165, 1.54) is 19.2 Å². The number of nitrogens with zero attached hydrogens (tertiary/aromatic N) is 1. The number of benzene rings is 3. The highest BCUT2D eigenvalue weighted by Gasteiger charge is 2.34. The fourth-order valence-corrected chi connectivity index (χ4v) is 8.03. The van der Waals surface area contributed by atoms with Gasteiger partial charge in [-0.3, -0.25) is 4.79 Å². The van der Waals surface area contributed by atoms with Gasteiger partial charge in [-0.15, -0.1) is 11.3 Å². The summed E-state index contributed by atoms with van der Waals surface area (Å²) in [6.07, 6.45) is 2.85. The Morgan fingerprint density at radius 3 is 2.19 bits per heavy atom. The first kappa shape index (κ1) is 35.6. The molecule has 1 heterocycles. The molecule has 13 heteroatoms. The maximum atomic E-state index is 14.8. The molecule has 3 aromatic carbocycles. The van der Waals surface area contributed by atoms with Crippen molar-refractivity contribution in [1.29, 1.82) is 0 Å². The Kier molecular flexibility index (Phi) is 10.4. The Bertz CT molecular complexity index is 1950. The zero-order valence-electron chi connectivity index (χ0n) is 27.2. The van der Waals surface area contributed by atoms with E-state index >= 15 is 0 Å². The highest BCUT2D eigenvalue weighted by atomic mass is 35.5. The van der Waals surface area contributed by atoms with Crippen molar-refractivity contribution in [1.82, 2.24) is 10.2 Å². The van der Waals surface area contributed by atoms with E-state index in [-0.39, 0.29) is 43.5 Å². The van der Waals surface area contributed by atoms with Gasteiger partial charge in [0.25, 0.3) is 5.91 Å². The van der Waals surface area contributed by atoms with E-state index in [1.54, 1.807) is 43.9 Å². The van der Waals surface area contributed by atoms with Gasteiger partial charge in [0, 0.05) is 30.4 Å². The number of amides is 2. The summed E-state index contributed by atoms with van der Waals surface area (Å²) in [6, 6.07) is 13.5. The molecule has 0 unspecified atom stereocenters. The summed E-state index contributed by atoms with van der Waals surface area (Å²) in [6.45, 7) is 5.45. The molecule has 1 fully saturated rings. The van der Waals surface area contributed by atoms with Crippen LogP contribution in [0.5, 0.6) is 5.75 Å². The minimum atomic E-state index is -3.37. The molecule has 1 N–H and O–H groups in total. The van der Waals surface area contributed by atoms with Gasteiger partial charge in [-0.1, -0.05) is 29.8 Å². The van der Waals surface area contributed by atoms with E-state index < -0.39 is 39.1 Å². The predicted molar refractivity (Wildman–Crippen MR) is 184 cm³/mol. The molecule has 2 amide bonds. The highest BCUT2D eigenvalue weighted by Crippen LogP contribution is 2.41. The molecule has 0 radical (unpaired) electrons. The number of rotatable bonds is 8. The number of fused-ring (bicyclic) bond motifs is 1. The van der Waals surface area contributed by atoms with Gasteiger partial charge in [-0.2, -0.15) is 0 Å². The van der Waals surface area contributed by atoms with Crippen LogP contribution in [-0.4, -0.2) is 56.4 Å². The van der Waals surface area contributed by atoms with Gasteiger partial charge in [-0.25, -0.2) is 22.0 Å². The number of methoxy groups -OCH3 is 1. The lowest BCUT2D eigenvalue weighted by Crippen LogP contribution is -2.46. The zero-order valence-corrected chi connectivity index (χ0v) is 29.6. The quantitative estimate of drug-likeness (QED) is 0.196. The van der Waals surface area contributed by atoms with Crippen molar-refractivity contribution in [2.45, 2.75) is 75.6 Å². The summed E-state index contributed by atoms with van der Waals surface area (Å²) in [7, 11) is -1.85. The number of ether oxygens (including phenoxy) is 2. The molecule has 256 valence electrons. The molecule has 1 aromatic heterocycles. The molecule has 1 saturated carbocycles. The second kappa shape index (κ2) is 14.0. The van der Waals surface area contributed by atoms with Crippen LogP contribution < -0.4 is 10.1 Å². The van der Waals surface area contributed by atoms with E-state index in [0.717, 1.165) is 40.9 Å². The number of nitrogens with one attached hydrogen (secondary N) is 1. The van der Waals surface area contributed by atoms with E-state index in [4.69, 9.17) is 21.1 Å². The van der Waals surface area contributed by atoms with Gasteiger partial charge in [0.05, 0.1) is 27.1 Å². The van der Waals surface area contributed by atoms with Crippen LogP contribution in [0.2, 0.25) is 5.02 Å². The lowest BCUT2D eigenvalue weighted by molar-refractivity contribution is 0.0453. The second-order valence-corrected chi connectivity index (χ2v) is 16.3. The third kappa shape index (κ3) is 7.93. The standard InChI is InChI=1S/C35H37ClF2N2O6S2/c1-35(2,3)46-34(42)39-23-9-11-24(12-10-23)40(33(41)32-30(36)29-26(37)15-16-27(38)31(29)47-32)19-22-18-21(8-17-28(22)45-4)20-6-13-25(14-7-20)48(5,43)44/h6-8,13-18,23-24H,9-12,19H2,1-5H3,(H,39,42). The lowest BCUT2D eigenvalue weighted by Gasteiger charge is -2.37. The molecule has 0 aliphatic heterocycles. The van der Waals surface area contributed by atoms with Crippen molar-refractivity contribution in [2.24, 2.45) is 0 Å². The molecule has 48 heavy (non-hydrogen) atoms. The Morgan fingerprint density at radius 2 is 1.60 bits per heavy atom. The van der Waals surface area contributed by atoms with Crippen molar-refractivity contribution in [2.75, 3.05) is 13.4 Å². The smallest absolute Gasteiger partial charge is 0.407 e. The van der Waals surface area contributed by atoms with Gasteiger partial charge >= 0.3 is 6.09 Å². The Balaban J connectivity index is 1.49. The number of carbonyl (C=O) groups is 2. The molecule has 4 aromatic rings. The summed E-state index contributed by atoms with van der Waals surface area (Å²) in [5, 5.41) is 2.64. The Labute approximate surface area is 287 Å². The van der Waals surface area contributed by atoms with Gasteiger partial charge < -0.3 is 19.7 Å². The van der Waals surface area contributed by atoms with E-state index in [0.29, 0.717) is 37.0 Å². The third-order valence-electron chi connectivity index (χ3n) is 8.23. The number of alkyl carbamates (subject to hydrolysis) is 1. The van der Waals surface area contributed by atoms with E-state index in [1.807, 2.05) is 12.1 Å². The molecule has 5 rings (SSSR count). The molecular weight excluding hydrogens is 682 g/mol. The zero-order chi connectivity index (χ0) is 35.0. The van der Waals surface area contributed by atoms with Crippen LogP contribution in [0.15, 0.2) is 59.5 Å². The minimum absolute atomic E-state index is 0.0242. The fourth-order valence-electron chi connectivity index (χ4n) is 5.90. The molecule has 0 spiro atoms. The summed E-state index contributed by atoms with van der Waals surface area (Å²) < 4.78 is 64.5. The average molecular weight is 719 g/mol. The number of carbonyl (C=O) groups excluding carboxylic acids is 2. The topological polar surface area (TPSA) is 102 Å². The second-order valence-electron chi connectivity index (χ2n) is 12.9.